The van der Waals surface area contributed by atoms with E-state index in [0.717, 1.165) is 31.7 Å². The van der Waals surface area contributed by atoms with Gasteiger partial charge in [-0.3, -0.25) is 4.57 Å². The Morgan fingerprint density at radius 3 is 2.72 bits per heavy atom. The molecule has 2 aromatic rings. The summed E-state index contributed by atoms with van der Waals surface area (Å²) in [5.74, 6) is -0.286. The SMILES string of the molecule is Cn1c(=O)[nH]c2cc(F)c(N3CCNCC3)cc21. The number of rotatable bonds is 1. The maximum absolute atomic E-state index is 14.1. The number of benzene rings is 1. The first kappa shape index (κ1) is 11.3. The number of aromatic nitrogens is 2. The van der Waals surface area contributed by atoms with Gasteiger partial charge in [0.1, 0.15) is 5.82 Å². The average Bonchev–Trinajstić information content (AvgIpc) is 2.65. The van der Waals surface area contributed by atoms with E-state index in [4.69, 9.17) is 0 Å². The first-order chi connectivity index (χ1) is 8.66. The Morgan fingerprint density at radius 2 is 2.00 bits per heavy atom. The van der Waals surface area contributed by atoms with E-state index in [1.807, 2.05) is 4.90 Å². The van der Waals surface area contributed by atoms with Crippen molar-refractivity contribution in [2.75, 3.05) is 31.1 Å². The third-order valence-corrected chi connectivity index (χ3v) is 3.43. The maximum atomic E-state index is 14.1. The Bertz CT molecular complexity index is 639. The Morgan fingerprint density at radius 1 is 1.28 bits per heavy atom. The average molecular weight is 250 g/mol. The molecule has 2 heterocycles. The molecule has 6 heteroatoms. The molecular weight excluding hydrogens is 235 g/mol. The molecular formula is C12H15FN4O. The van der Waals surface area contributed by atoms with E-state index < -0.39 is 0 Å². The number of nitrogens with zero attached hydrogens (tertiary/aromatic N) is 2. The third kappa shape index (κ3) is 1.69. The van der Waals surface area contributed by atoms with Gasteiger partial charge in [-0.1, -0.05) is 0 Å². The molecule has 1 aromatic heterocycles. The van der Waals surface area contributed by atoms with Gasteiger partial charge in [0, 0.05) is 39.3 Å². The monoisotopic (exact) mass is 250 g/mol. The molecule has 2 N–H and O–H groups in total. The van der Waals surface area contributed by atoms with E-state index in [2.05, 4.69) is 10.3 Å². The number of halogens is 1. The van der Waals surface area contributed by atoms with Crippen LogP contribution in [-0.4, -0.2) is 35.7 Å². The quantitative estimate of drug-likeness (QED) is 0.771. The molecule has 0 bridgehead atoms. The highest BCUT2D eigenvalue weighted by Gasteiger charge is 2.16. The summed E-state index contributed by atoms with van der Waals surface area (Å²) < 4.78 is 15.6. The van der Waals surface area contributed by atoms with Gasteiger partial charge in [0.15, 0.2) is 0 Å². The summed E-state index contributed by atoms with van der Waals surface area (Å²) in [6, 6.07) is 3.14. The van der Waals surface area contributed by atoms with Crippen LogP contribution in [0, 0.1) is 5.82 Å². The number of hydrogen-bond donors (Lipinski definition) is 2. The van der Waals surface area contributed by atoms with Gasteiger partial charge in [0.05, 0.1) is 16.7 Å². The zero-order chi connectivity index (χ0) is 12.7. The highest BCUT2D eigenvalue weighted by atomic mass is 19.1. The normalized spacial score (nSPS) is 16.4. The molecule has 5 nitrogen and oxygen atoms in total. The minimum absolute atomic E-state index is 0.220. The topological polar surface area (TPSA) is 53.1 Å². The lowest BCUT2D eigenvalue weighted by molar-refractivity contribution is 0.567. The number of imidazole rings is 1. The standard InChI is InChI=1S/C12H15FN4O/c1-16-11-7-10(17-4-2-14-3-5-17)8(13)6-9(11)15-12(16)18/h6-7,14H,2-5H2,1H3,(H,15,18). The number of H-pyrrole nitrogens is 1. The van der Waals surface area contributed by atoms with E-state index in [0.29, 0.717) is 11.2 Å². The molecule has 0 spiro atoms. The molecule has 1 saturated heterocycles. The Labute approximate surface area is 103 Å². The van der Waals surface area contributed by atoms with Gasteiger partial charge in [-0.15, -0.1) is 0 Å². The third-order valence-electron chi connectivity index (χ3n) is 3.43. The lowest BCUT2D eigenvalue weighted by atomic mass is 10.2. The lowest BCUT2D eigenvalue weighted by Crippen LogP contribution is -2.43. The predicted molar refractivity (Wildman–Crippen MR) is 68.6 cm³/mol. The van der Waals surface area contributed by atoms with Crippen LogP contribution < -0.4 is 15.9 Å². The summed E-state index contributed by atoms with van der Waals surface area (Å²) in [5, 5.41) is 3.23. The Balaban J connectivity index is 2.13. The molecule has 1 aromatic carbocycles. The second-order valence-electron chi connectivity index (χ2n) is 4.55. The molecule has 3 rings (SSSR count). The van der Waals surface area contributed by atoms with E-state index in [1.54, 1.807) is 13.1 Å². The highest BCUT2D eigenvalue weighted by molar-refractivity contribution is 5.80. The van der Waals surface area contributed by atoms with E-state index in [-0.39, 0.29) is 11.5 Å². The van der Waals surface area contributed by atoms with Crippen molar-refractivity contribution in [1.82, 2.24) is 14.9 Å². The zero-order valence-corrected chi connectivity index (χ0v) is 10.2. The van der Waals surface area contributed by atoms with Crippen LogP contribution in [-0.2, 0) is 7.05 Å². The van der Waals surface area contributed by atoms with Gasteiger partial charge in [0.25, 0.3) is 0 Å². The van der Waals surface area contributed by atoms with Crippen molar-refractivity contribution in [2.24, 2.45) is 7.05 Å². The Kier molecular flexibility index (Phi) is 2.59. The van der Waals surface area contributed by atoms with Crippen molar-refractivity contribution in [3.63, 3.8) is 0 Å². The number of anilines is 1. The maximum Gasteiger partial charge on any atom is 0.326 e. The minimum atomic E-state index is -0.286. The zero-order valence-electron chi connectivity index (χ0n) is 10.2. The van der Waals surface area contributed by atoms with E-state index >= 15 is 0 Å². The molecule has 0 saturated carbocycles. The molecule has 0 aliphatic carbocycles. The number of aromatic amines is 1. The largest absolute Gasteiger partial charge is 0.367 e. The summed E-state index contributed by atoms with van der Waals surface area (Å²) in [7, 11) is 1.68. The molecule has 0 amide bonds. The predicted octanol–water partition coefficient (Wildman–Crippen LogP) is 0.415. The number of hydrogen-bond acceptors (Lipinski definition) is 3. The van der Waals surface area contributed by atoms with Crippen LogP contribution in [0.15, 0.2) is 16.9 Å². The highest BCUT2D eigenvalue weighted by Crippen LogP contribution is 2.24. The fourth-order valence-electron chi connectivity index (χ4n) is 2.38. The Hall–Kier alpha value is -1.82. The summed E-state index contributed by atoms with van der Waals surface area (Å²) in [4.78, 5) is 16.1. The summed E-state index contributed by atoms with van der Waals surface area (Å²) in [6.07, 6.45) is 0. The molecule has 1 aliphatic rings. The van der Waals surface area contributed by atoms with Gasteiger partial charge < -0.3 is 15.2 Å². The number of aryl methyl sites for hydroxylation is 1. The van der Waals surface area contributed by atoms with Crippen LogP contribution in [0.25, 0.3) is 11.0 Å². The van der Waals surface area contributed by atoms with Crippen LogP contribution in [0.3, 0.4) is 0 Å². The second-order valence-corrected chi connectivity index (χ2v) is 4.55. The molecule has 0 unspecified atom stereocenters. The summed E-state index contributed by atoms with van der Waals surface area (Å²) in [5.41, 5.74) is 1.62. The van der Waals surface area contributed by atoms with Crippen molar-refractivity contribution in [1.29, 1.82) is 0 Å². The first-order valence-electron chi connectivity index (χ1n) is 6.01. The minimum Gasteiger partial charge on any atom is -0.367 e. The van der Waals surface area contributed by atoms with Gasteiger partial charge in [0.2, 0.25) is 0 Å². The van der Waals surface area contributed by atoms with Gasteiger partial charge in [-0.05, 0) is 6.07 Å². The van der Waals surface area contributed by atoms with Crippen LogP contribution >= 0.6 is 0 Å². The molecule has 0 radical (unpaired) electrons. The smallest absolute Gasteiger partial charge is 0.326 e. The fraction of sp³-hybridized carbons (Fsp3) is 0.417. The summed E-state index contributed by atoms with van der Waals surface area (Å²) in [6.45, 7) is 3.26. The summed E-state index contributed by atoms with van der Waals surface area (Å²) >= 11 is 0. The fourth-order valence-corrected chi connectivity index (χ4v) is 2.38. The first-order valence-corrected chi connectivity index (χ1v) is 6.01. The van der Waals surface area contributed by atoms with Crippen molar-refractivity contribution in [2.45, 2.75) is 0 Å². The van der Waals surface area contributed by atoms with E-state index in [9.17, 15) is 9.18 Å². The van der Waals surface area contributed by atoms with Crippen molar-refractivity contribution < 1.29 is 4.39 Å². The van der Waals surface area contributed by atoms with Gasteiger partial charge in [-0.25, -0.2) is 9.18 Å². The molecule has 1 fully saturated rings. The van der Waals surface area contributed by atoms with Crippen molar-refractivity contribution >= 4 is 16.7 Å². The van der Waals surface area contributed by atoms with Crippen LogP contribution in [0.5, 0.6) is 0 Å². The van der Waals surface area contributed by atoms with Crippen LogP contribution in [0.4, 0.5) is 10.1 Å². The van der Waals surface area contributed by atoms with Gasteiger partial charge >= 0.3 is 5.69 Å². The molecule has 96 valence electrons. The van der Waals surface area contributed by atoms with Gasteiger partial charge in [-0.2, -0.15) is 0 Å². The van der Waals surface area contributed by atoms with Crippen LogP contribution in [0.1, 0.15) is 0 Å². The van der Waals surface area contributed by atoms with Crippen molar-refractivity contribution in [3.8, 4) is 0 Å². The molecule has 1 aliphatic heterocycles. The number of nitrogens with one attached hydrogen (secondary N) is 2. The molecule has 18 heavy (non-hydrogen) atoms. The van der Waals surface area contributed by atoms with Crippen molar-refractivity contribution in [3.05, 3.63) is 28.4 Å². The number of piperazine rings is 1. The number of fused-ring (bicyclic) bond motifs is 1. The second kappa shape index (κ2) is 4.13. The lowest BCUT2D eigenvalue weighted by Gasteiger charge is -2.29. The van der Waals surface area contributed by atoms with Crippen LogP contribution in [0.2, 0.25) is 0 Å². The van der Waals surface area contributed by atoms with E-state index in [1.165, 1.54) is 10.6 Å². The molecule has 0 atom stereocenters.